The van der Waals surface area contributed by atoms with Gasteiger partial charge in [0.2, 0.25) is 6.10 Å². The number of ether oxygens (including phenoxy) is 12. The molecule has 6 saturated carbocycles. The number of cyclic esters (lactones) is 2. The molecule has 23 nitrogen and oxygen atoms in total. The van der Waals surface area contributed by atoms with Crippen LogP contribution in [-0.2, 0) is 110 Å². The predicted molar refractivity (Wildman–Crippen MR) is 318 cm³/mol. The SMILES string of the molecule is CCC(C)(C)C(=O)OC.CCC(C)(C)C(=O)OC1C2CC3C(=O)OC1C3C2.CCC(C)(C)C(=O)OC1C2CC3C(=O)OC1C3O2.CCC(C)(C)C(=O)OC1C2CC3C1OC(=O)C3C2C(=O)OC.CCC(C)C(=O)OC1CCOC1=O.O=C1OCC2C3CCC(C3)C12. The van der Waals surface area contributed by atoms with Gasteiger partial charge in [-0.1, -0.05) is 41.5 Å². The molecule has 13 aliphatic rings. The predicted octanol–water partition coefficient (Wildman–Crippen LogP) is 7.97. The maximum Gasteiger partial charge on any atom is 0.347 e. The Morgan fingerprint density at radius 1 is 0.473 bits per heavy atom. The van der Waals surface area contributed by atoms with Gasteiger partial charge in [0, 0.05) is 36.0 Å². The summed E-state index contributed by atoms with van der Waals surface area (Å²) >= 11 is 0. The Bertz CT molecular complexity index is 2690. The molecular weight excluding hydrogens is 1180 g/mol. The van der Waals surface area contributed by atoms with Crippen LogP contribution in [0, 0.1) is 98.6 Å². The average molecular weight is 1290 g/mol. The highest BCUT2D eigenvalue weighted by atomic mass is 16.7. The maximum atomic E-state index is 12.4. The summed E-state index contributed by atoms with van der Waals surface area (Å²) in [4.78, 5) is 128. The lowest BCUT2D eigenvalue weighted by molar-refractivity contribution is -0.173. The Morgan fingerprint density at radius 2 is 1.01 bits per heavy atom. The van der Waals surface area contributed by atoms with E-state index in [9.17, 15) is 52.7 Å². The molecule has 8 bridgehead atoms. The van der Waals surface area contributed by atoms with Gasteiger partial charge < -0.3 is 56.8 Å². The highest BCUT2D eigenvalue weighted by Gasteiger charge is 2.71. The third-order valence-corrected chi connectivity index (χ3v) is 22.8. The van der Waals surface area contributed by atoms with Gasteiger partial charge in [0.1, 0.15) is 30.5 Å². The largest absolute Gasteiger partial charge is 0.469 e. The second kappa shape index (κ2) is 28.0. The van der Waals surface area contributed by atoms with Crippen LogP contribution >= 0.6 is 0 Å². The van der Waals surface area contributed by atoms with Gasteiger partial charge in [0.05, 0.1) is 90.7 Å². The number of methoxy groups -OCH3 is 2. The average Bonchev–Trinajstić information content (AvgIpc) is 1.57. The molecule has 91 heavy (non-hydrogen) atoms. The van der Waals surface area contributed by atoms with Crippen LogP contribution in [0.3, 0.4) is 0 Å². The minimum absolute atomic E-state index is 0.0378. The third kappa shape index (κ3) is 14.2. The van der Waals surface area contributed by atoms with E-state index >= 15 is 0 Å². The van der Waals surface area contributed by atoms with Gasteiger partial charge in [0.15, 0.2) is 12.2 Å². The molecule has 0 amide bonds. The molecule has 13 fully saturated rings. The number of fused-ring (bicyclic) bond motifs is 8. The number of esters is 11. The summed E-state index contributed by atoms with van der Waals surface area (Å²) in [6.45, 7) is 27.5. The van der Waals surface area contributed by atoms with E-state index < -0.39 is 70.5 Å². The Hall–Kier alpha value is -5.87. The van der Waals surface area contributed by atoms with Crippen molar-refractivity contribution in [3.8, 4) is 0 Å². The van der Waals surface area contributed by atoms with Crippen LogP contribution in [0.2, 0.25) is 0 Å². The molecule has 6 aliphatic carbocycles. The molecule has 0 radical (unpaired) electrons. The number of rotatable bonds is 15. The zero-order valence-corrected chi connectivity index (χ0v) is 56.2. The van der Waals surface area contributed by atoms with Crippen LogP contribution in [0.25, 0.3) is 0 Å². The van der Waals surface area contributed by atoms with Crippen LogP contribution in [0.1, 0.15) is 180 Å². The normalized spacial score (nSPS) is 36.5. The van der Waals surface area contributed by atoms with Gasteiger partial charge in [-0.2, -0.15) is 0 Å². The lowest BCUT2D eigenvalue weighted by Gasteiger charge is -2.32. The van der Waals surface area contributed by atoms with Crippen LogP contribution in [-0.4, -0.2) is 148 Å². The van der Waals surface area contributed by atoms with Crippen LogP contribution < -0.4 is 0 Å². The summed E-state index contributed by atoms with van der Waals surface area (Å²) in [6, 6.07) is 0. The van der Waals surface area contributed by atoms with Crippen molar-refractivity contribution in [1.29, 1.82) is 0 Å². The second-order valence-corrected chi connectivity index (χ2v) is 29.7. The topological polar surface area (TPSA) is 299 Å². The van der Waals surface area contributed by atoms with Crippen molar-refractivity contribution < 1.29 is 110 Å². The molecule has 22 unspecified atom stereocenters. The number of carbonyl (C=O) groups excluding carboxylic acids is 11. The van der Waals surface area contributed by atoms with Crippen molar-refractivity contribution in [1.82, 2.24) is 0 Å². The first-order valence-corrected chi connectivity index (χ1v) is 33.3. The van der Waals surface area contributed by atoms with E-state index in [1.807, 2.05) is 90.0 Å². The molecule has 7 aliphatic heterocycles. The van der Waals surface area contributed by atoms with E-state index in [0.29, 0.717) is 68.3 Å². The summed E-state index contributed by atoms with van der Waals surface area (Å²) in [6.07, 6.45) is 8.03. The van der Waals surface area contributed by atoms with E-state index in [1.165, 1.54) is 33.5 Å². The molecule has 7 saturated heterocycles. The minimum atomic E-state index is -0.665. The van der Waals surface area contributed by atoms with Crippen molar-refractivity contribution in [3.63, 3.8) is 0 Å². The maximum absolute atomic E-state index is 12.4. The second-order valence-electron chi connectivity index (χ2n) is 29.7. The minimum Gasteiger partial charge on any atom is -0.469 e. The van der Waals surface area contributed by atoms with Crippen LogP contribution in [0.5, 0.6) is 0 Å². The zero-order valence-electron chi connectivity index (χ0n) is 56.2. The van der Waals surface area contributed by atoms with E-state index in [1.54, 1.807) is 6.92 Å². The Labute approximate surface area is 534 Å². The van der Waals surface area contributed by atoms with Crippen molar-refractivity contribution in [3.05, 3.63) is 0 Å². The molecule has 0 aromatic rings. The molecule has 13 rings (SSSR count). The molecule has 0 aromatic heterocycles. The molecule has 7 heterocycles. The molecule has 0 spiro atoms. The van der Waals surface area contributed by atoms with Crippen LogP contribution in [0.15, 0.2) is 0 Å². The zero-order chi connectivity index (χ0) is 67.1. The lowest BCUT2D eigenvalue weighted by atomic mass is 9.78. The number of hydrogen-bond acceptors (Lipinski definition) is 23. The summed E-state index contributed by atoms with van der Waals surface area (Å²) in [5, 5.41) is 0. The summed E-state index contributed by atoms with van der Waals surface area (Å²) in [5.74, 6) is -0.895. The highest BCUT2D eigenvalue weighted by Crippen LogP contribution is 2.60. The Kier molecular flexibility index (Phi) is 21.8. The standard InChI is InChI=1S/C16H22O6.C14H20O4.C13H18O5.C9H14O4.C9H12O2.C7H14O2/c1-5-16(2,3)15(19)22-12-7-6-8-10(9(7)13(17)20-4)14(18)21-11(8)12;1-4-14(2,3)13(16)18-10-7-5-8-9(6-7)12(15)17-11(8)10;1-4-13(2,3)12(15)18-9-7-5-6-8(16-7)10(9)17-11(6)14;1-3-6(2)8(10)13-7-4-5-12-9(7)11;10-9-8-6-2-1-5(3-6)7(8)4-11-9;1-5-7(2,3)6(8)9-4/h7-12H,5-6H2,1-4H3;7-11H,4-6H2,1-3H3;6-10H,4-5H2,1-3H3;6-7H,3-5H2,1-2H3;5-8H,1-4H2;5H2,1-4H3. The van der Waals surface area contributed by atoms with E-state index in [2.05, 4.69) is 9.47 Å². The monoisotopic (exact) mass is 1280 g/mol. The molecule has 22 atom stereocenters. The fraction of sp³-hybridized carbons (Fsp3) is 0.838. The fourth-order valence-electron chi connectivity index (χ4n) is 15.1. The first-order valence-electron chi connectivity index (χ1n) is 33.3. The van der Waals surface area contributed by atoms with E-state index in [0.717, 1.165) is 44.6 Å². The number of carbonyl (C=O) groups is 11. The summed E-state index contributed by atoms with van der Waals surface area (Å²) < 4.78 is 62.7. The summed E-state index contributed by atoms with van der Waals surface area (Å²) in [7, 11) is 2.73. The molecule has 510 valence electrons. The molecular formula is C68H100O23. The Morgan fingerprint density at radius 3 is 1.55 bits per heavy atom. The van der Waals surface area contributed by atoms with Crippen molar-refractivity contribution >= 4 is 65.7 Å². The van der Waals surface area contributed by atoms with Gasteiger partial charge in [-0.25, -0.2) is 4.79 Å². The van der Waals surface area contributed by atoms with Crippen molar-refractivity contribution in [2.75, 3.05) is 27.4 Å². The van der Waals surface area contributed by atoms with Gasteiger partial charge in [-0.3, -0.25) is 47.9 Å². The fourth-order valence-corrected chi connectivity index (χ4v) is 15.1. The van der Waals surface area contributed by atoms with Gasteiger partial charge >= 0.3 is 65.7 Å². The third-order valence-electron chi connectivity index (χ3n) is 22.8. The molecule has 0 N–H and O–H groups in total. The highest BCUT2D eigenvalue weighted by molar-refractivity contribution is 5.87. The number of hydrogen-bond donors (Lipinski definition) is 0. The van der Waals surface area contributed by atoms with Crippen molar-refractivity contribution in [2.45, 2.75) is 235 Å². The smallest absolute Gasteiger partial charge is 0.347 e. The first-order chi connectivity index (χ1) is 42.7. The molecule has 0 aromatic carbocycles. The van der Waals surface area contributed by atoms with E-state index in [4.69, 9.17) is 47.4 Å². The van der Waals surface area contributed by atoms with Crippen LogP contribution in [0.4, 0.5) is 0 Å². The quantitative estimate of drug-likeness (QED) is 0.111. The van der Waals surface area contributed by atoms with Gasteiger partial charge in [-0.15, -0.1) is 0 Å². The lowest BCUT2D eigenvalue weighted by Crippen LogP contribution is -2.45. The van der Waals surface area contributed by atoms with Crippen molar-refractivity contribution in [2.24, 2.45) is 98.6 Å². The summed E-state index contributed by atoms with van der Waals surface area (Å²) in [5.41, 5.74) is -1.87. The van der Waals surface area contributed by atoms with Gasteiger partial charge in [-0.05, 0) is 144 Å². The van der Waals surface area contributed by atoms with Gasteiger partial charge in [0.25, 0.3) is 0 Å². The van der Waals surface area contributed by atoms with E-state index in [-0.39, 0.29) is 113 Å². The Balaban J connectivity index is 0.000000144. The first kappa shape index (κ1) is 71.0. The molecule has 23 heteroatoms.